The number of ether oxygens (including phenoxy) is 2. The first kappa shape index (κ1) is 23.4. The zero-order chi connectivity index (χ0) is 19.9. The molecule has 0 aromatic heterocycles. The Bertz CT molecular complexity index is 448. The number of esters is 2. The number of carboxylic acids is 1. The lowest BCUT2D eigenvalue weighted by molar-refractivity contribution is -0.162. The molecule has 0 saturated carbocycles. The van der Waals surface area contributed by atoms with Crippen LogP contribution in [-0.4, -0.2) is 35.7 Å². The van der Waals surface area contributed by atoms with Crippen LogP contribution in [0.2, 0.25) is 0 Å². The molecule has 1 saturated heterocycles. The van der Waals surface area contributed by atoms with Crippen LogP contribution in [-0.2, 0) is 23.9 Å². The molecule has 6 heteroatoms. The third kappa shape index (κ3) is 12.4. The van der Waals surface area contributed by atoms with Gasteiger partial charge in [0.2, 0.25) is 0 Å². The van der Waals surface area contributed by atoms with Gasteiger partial charge in [-0.15, -0.1) is 0 Å². The lowest BCUT2D eigenvalue weighted by atomic mass is 9.94. The van der Waals surface area contributed by atoms with Crippen LogP contribution in [0.25, 0.3) is 0 Å². The van der Waals surface area contributed by atoms with E-state index in [1.165, 1.54) is 25.7 Å². The Hall–Kier alpha value is -1.59. The Kier molecular flexibility index (Phi) is 12.6. The fourth-order valence-electron chi connectivity index (χ4n) is 3.41. The average molecular weight is 385 g/mol. The predicted octanol–water partition coefficient (Wildman–Crippen LogP) is 4.64. The molecule has 27 heavy (non-hydrogen) atoms. The molecular formula is C21H36O6. The second-order valence-electron chi connectivity index (χ2n) is 7.63. The van der Waals surface area contributed by atoms with Gasteiger partial charge in [-0.05, 0) is 32.6 Å². The van der Waals surface area contributed by atoms with E-state index in [1.54, 1.807) is 6.92 Å². The van der Waals surface area contributed by atoms with Crippen LogP contribution in [0.5, 0.6) is 0 Å². The molecule has 0 aromatic carbocycles. The maximum atomic E-state index is 12.2. The first-order valence-corrected chi connectivity index (χ1v) is 10.6. The Labute approximate surface area is 163 Å². The largest absolute Gasteiger partial charge is 0.481 e. The van der Waals surface area contributed by atoms with Crippen LogP contribution >= 0.6 is 0 Å². The Balaban J connectivity index is 2.07. The van der Waals surface area contributed by atoms with Gasteiger partial charge in [0, 0.05) is 12.8 Å². The van der Waals surface area contributed by atoms with Crippen molar-refractivity contribution in [1.29, 1.82) is 0 Å². The van der Waals surface area contributed by atoms with E-state index in [2.05, 4.69) is 0 Å². The lowest BCUT2D eigenvalue weighted by Gasteiger charge is -2.20. The van der Waals surface area contributed by atoms with Crippen molar-refractivity contribution in [2.24, 2.45) is 5.92 Å². The van der Waals surface area contributed by atoms with Gasteiger partial charge >= 0.3 is 17.9 Å². The molecule has 1 aliphatic heterocycles. The first-order chi connectivity index (χ1) is 13.0. The highest BCUT2D eigenvalue weighted by atomic mass is 16.6. The average Bonchev–Trinajstić information content (AvgIpc) is 2.61. The van der Waals surface area contributed by atoms with E-state index in [0.29, 0.717) is 19.3 Å². The summed E-state index contributed by atoms with van der Waals surface area (Å²) in [5, 5.41) is 8.58. The summed E-state index contributed by atoms with van der Waals surface area (Å²) in [6.45, 7) is 1.89. The number of rotatable bonds is 12. The van der Waals surface area contributed by atoms with Gasteiger partial charge in [-0.3, -0.25) is 14.4 Å². The fourth-order valence-corrected chi connectivity index (χ4v) is 3.41. The van der Waals surface area contributed by atoms with Crippen LogP contribution in [0.4, 0.5) is 0 Å². The summed E-state index contributed by atoms with van der Waals surface area (Å²) in [5.74, 6) is -1.16. The van der Waals surface area contributed by atoms with Gasteiger partial charge in [0.25, 0.3) is 0 Å². The number of unbranched alkanes of at least 4 members (excludes halogenated alkanes) is 8. The number of hydrogen-bond acceptors (Lipinski definition) is 5. The lowest BCUT2D eigenvalue weighted by Crippen LogP contribution is -2.27. The van der Waals surface area contributed by atoms with Crippen LogP contribution in [0.15, 0.2) is 0 Å². The van der Waals surface area contributed by atoms with Gasteiger partial charge in [-0.1, -0.05) is 51.4 Å². The predicted molar refractivity (Wildman–Crippen MR) is 102 cm³/mol. The number of hydrogen-bond donors (Lipinski definition) is 1. The number of carbonyl (C=O) groups is 3. The summed E-state index contributed by atoms with van der Waals surface area (Å²) in [7, 11) is 0. The van der Waals surface area contributed by atoms with Crippen LogP contribution < -0.4 is 0 Å². The third-order valence-electron chi connectivity index (χ3n) is 5.00. The van der Waals surface area contributed by atoms with Gasteiger partial charge in [-0.25, -0.2) is 0 Å². The number of cyclic esters (lactones) is 2. The van der Waals surface area contributed by atoms with E-state index >= 15 is 0 Å². The Morgan fingerprint density at radius 2 is 1.59 bits per heavy atom. The number of carbonyl (C=O) groups excluding carboxylic acids is 2. The quantitative estimate of drug-likeness (QED) is 0.389. The van der Waals surface area contributed by atoms with Gasteiger partial charge in [0.05, 0.1) is 5.92 Å². The molecule has 2 unspecified atom stereocenters. The van der Waals surface area contributed by atoms with Crippen molar-refractivity contribution in [3.63, 3.8) is 0 Å². The molecule has 156 valence electrons. The van der Waals surface area contributed by atoms with Gasteiger partial charge in [0.1, 0.15) is 12.7 Å². The maximum Gasteiger partial charge on any atom is 0.309 e. The zero-order valence-corrected chi connectivity index (χ0v) is 16.7. The smallest absolute Gasteiger partial charge is 0.309 e. The van der Waals surface area contributed by atoms with E-state index in [9.17, 15) is 14.4 Å². The highest BCUT2D eigenvalue weighted by molar-refractivity contribution is 5.73. The molecule has 0 spiro atoms. The van der Waals surface area contributed by atoms with Crippen molar-refractivity contribution in [3.8, 4) is 0 Å². The maximum absolute atomic E-state index is 12.2. The first-order valence-electron chi connectivity index (χ1n) is 10.6. The molecule has 1 N–H and O–H groups in total. The summed E-state index contributed by atoms with van der Waals surface area (Å²) < 4.78 is 10.4. The topological polar surface area (TPSA) is 89.9 Å². The van der Waals surface area contributed by atoms with Crippen molar-refractivity contribution in [1.82, 2.24) is 0 Å². The van der Waals surface area contributed by atoms with Gasteiger partial charge < -0.3 is 14.6 Å². The number of carboxylic acid groups (broad SMARTS) is 1. The highest BCUT2D eigenvalue weighted by Gasteiger charge is 2.23. The normalized spacial score (nSPS) is 21.4. The van der Waals surface area contributed by atoms with E-state index in [4.69, 9.17) is 14.6 Å². The molecule has 0 aromatic rings. The molecule has 1 heterocycles. The monoisotopic (exact) mass is 384 g/mol. The molecule has 6 nitrogen and oxygen atoms in total. The minimum Gasteiger partial charge on any atom is -0.481 e. The number of aliphatic carboxylic acids is 1. The molecule has 1 fully saturated rings. The van der Waals surface area contributed by atoms with Crippen LogP contribution in [0, 0.1) is 5.92 Å². The molecule has 0 bridgehead atoms. The molecule has 0 aliphatic carbocycles. The molecule has 1 rings (SSSR count). The van der Waals surface area contributed by atoms with Crippen molar-refractivity contribution in [2.75, 3.05) is 6.61 Å². The molecule has 1 aliphatic rings. The summed E-state index contributed by atoms with van der Waals surface area (Å²) in [5.41, 5.74) is 0. The van der Waals surface area contributed by atoms with Gasteiger partial charge in [0.15, 0.2) is 0 Å². The van der Waals surface area contributed by atoms with Crippen LogP contribution in [0.3, 0.4) is 0 Å². The van der Waals surface area contributed by atoms with Gasteiger partial charge in [-0.2, -0.15) is 0 Å². The van der Waals surface area contributed by atoms with Crippen molar-refractivity contribution >= 4 is 17.9 Å². The zero-order valence-electron chi connectivity index (χ0n) is 16.7. The second-order valence-corrected chi connectivity index (χ2v) is 7.63. The van der Waals surface area contributed by atoms with Crippen molar-refractivity contribution in [2.45, 2.75) is 103 Å². The second kappa shape index (κ2) is 14.5. The Morgan fingerprint density at radius 1 is 1.00 bits per heavy atom. The van der Waals surface area contributed by atoms with E-state index in [0.717, 1.165) is 38.5 Å². The SMILES string of the molecule is CC1COC(=O)C(CCCCCCCCCCCC(=O)O)CCCC(=O)O1. The van der Waals surface area contributed by atoms with Crippen molar-refractivity contribution in [3.05, 3.63) is 0 Å². The fraction of sp³-hybridized carbons (Fsp3) is 0.857. The van der Waals surface area contributed by atoms with E-state index < -0.39 is 5.97 Å². The molecule has 0 amide bonds. The third-order valence-corrected chi connectivity index (χ3v) is 5.00. The van der Waals surface area contributed by atoms with Crippen molar-refractivity contribution < 1.29 is 29.0 Å². The highest BCUT2D eigenvalue weighted by Crippen LogP contribution is 2.21. The minimum absolute atomic E-state index is 0.0997. The molecule has 0 radical (unpaired) electrons. The van der Waals surface area contributed by atoms with Crippen LogP contribution in [0.1, 0.15) is 96.8 Å². The van der Waals surface area contributed by atoms with E-state index in [1.807, 2.05) is 0 Å². The summed E-state index contributed by atoms with van der Waals surface area (Å²) in [6.07, 6.45) is 12.2. The Morgan fingerprint density at radius 3 is 2.22 bits per heavy atom. The van der Waals surface area contributed by atoms with E-state index in [-0.39, 0.29) is 37.0 Å². The molecular weight excluding hydrogens is 348 g/mol. The minimum atomic E-state index is -0.705. The molecule has 2 atom stereocenters. The summed E-state index contributed by atoms with van der Waals surface area (Å²) >= 11 is 0. The summed E-state index contributed by atoms with van der Waals surface area (Å²) in [4.78, 5) is 34.2. The standard InChI is InChI=1S/C21H36O6/c1-17-16-26-21(25)18(13-11-15-20(24)27-17)12-9-7-5-3-2-4-6-8-10-14-19(22)23/h17-18H,2-16H2,1H3,(H,22,23). The summed E-state index contributed by atoms with van der Waals surface area (Å²) in [6, 6.07) is 0.